The highest BCUT2D eigenvalue weighted by atomic mass is 16.6. The summed E-state index contributed by atoms with van der Waals surface area (Å²) >= 11 is 0. The molecule has 2 rings (SSSR count). The Morgan fingerprint density at radius 3 is 2.74 bits per heavy atom. The molecule has 0 saturated carbocycles. The van der Waals surface area contributed by atoms with Crippen molar-refractivity contribution in [3.8, 4) is 0 Å². The van der Waals surface area contributed by atoms with Crippen LogP contribution >= 0.6 is 0 Å². The summed E-state index contributed by atoms with van der Waals surface area (Å²) in [6.45, 7) is 2.67. The molecule has 0 unspecified atom stereocenters. The lowest BCUT2D eigenvalue weighted by Gasteiger charge is -2.19. The number of anilines is 1. The standard InChI is InChI=1S/C14H18N2O3/c1-2-11(15-12-6-4-3-5-7-12)10-13(17)16-8-9-19-14(16)18/h3-7,11,15H,2,8-10H2,1H3/t11-/m0/s1. The monoisotopic (exact) mass is 262 g/mol. The first-order chi connectivity index (χ1) is 9.20. The quantitative estimate of drug-likeness (QED) is 0.884. The van der Waals surface area contributed by atoms with Gasteiger partial charge >= 0.3 is 6.09 Å². The van der Waals surface area contributed by atoms with Crippen LogP contribution in [0.2, 0.25) is 0 Å². The number of cyclic esters (lactones) is 1. The molecule has 0 aliphatic carbocycles. The van der Waals surface area contributed by atoms with Gasteiger partial charge in [0.15, 0.2) is 0 Å². The van der Waals surface area contributed by atoms with Crippen molar-refractivity contribution in [1.29, 1.82) is 0 Å². The Hall–Kier alpha value is -2.04. The van der Waals surface area contributed by atoms with Gasteiger partial charge in [-0.05, 0) is 18.6 Å². The second-order valence-electron chi connectivity index (χ2n) is 4.48. The van der Waals surface area contributed by atoms with E-state index in [1.165, 1.54) is 4.90 Å². The third kappa shape index (κ3) is 3.47. The van der Waals surface area contributed by atoms with E-state index in [1.807, 2.05) is 37.3 Å². The Labute approximate surface area is 112 Å². The molecule has 1 saturated heterocycles. The normalized spacial score (nSPS) is 16.1. The maximum absolute atomic E-state index is 12.0. The molecule has 0 spiro atoms. The molecule has 1 aliphatic rings. The minimum absolute atomic E-state index is 0.0169. The van der Waals surface area contributed by atoms with Gasteiger partial charge in [0, 0.05) is 18.2 Å². The molecule has 1 fully saturated rings. The van der Waals surface area contributed by atoms with Crippen molar-refractivity contribution < 1.29 is 14.3 Å². The predicted octanol–water partition coefficient (Wildman–Crippen LogP) is 2.25. The number of imide groups is 1. The van der Waals surface area contributed by atoms with E-state index >= 15 is 0 Å². The van der Waals surface area contributed by atoms with Gasteiger partial charge < -0.3 is 10.1 Å². The SMILES string of the molecule is CC[C@@H](CC(=O)N1CCOC1=O)Nc1ccccc1. The van der Waals surface area contributed by atoms with Crippen molar-refractivity contribution in [2.45, 2.75) is 25.8 Å². The highest BCUT2D eigenvalue weighted by Gasteiger charge is 2.29. The van der Waals surface area contributed by atoms with Gasteiger partial charge in [-0.2, -0.15) is 0 Å². The van der Waals surface area contributed by atoms with Crippen LogP contribution in [0.1, 0.15) is 19.8 Å². The molecule has 1 heterocycles. The summed E-state index contributed by atoms with van der Waals surface area (Å²) in [6.07, 6.45) is 0.573. The summed E-state index contributed by atoms with van der Waals surface area (Å²) in [5.41, 5.74) is 0.978. The van der Waals surface area contributed by atoms with Crippen LogP contribution in [0.5, 0.6) is 0 Å². The Kier molecular flexibility index (Phi) is 4.39. The fourth-order valence-electron chi connectivity index (χ4n) is 2.01. The van der Waals surface area contributed by atoms with Crippen molar-refractivity contribution in [1.82, 2.24) is 4.90 Å². The lowest BCUT2D eigenvalue weighted by atomic mass is 10.1. The van der Waals surface area contributed by atoms with Crippen molar-refractivity contribution in [3.05, 3.63) is 30.3 Å². The molecule has 1 aromatic carbocycles. The smallest absolute Gasteiger partial charge is 0.416 e. The van der Waals surface area contributed by atoms with Crippen molar-refractivity contribution >= 4 is 17.7 Å². The Balaban J connectivity index is 1.92. The Morgan fingerprint density at radius 1 is 1.42 bits per heavy atom. The van der Waals surface area contributed by atoms with E-state index < -0.39 is 6.09 Å². The number of hydrogen-bond donors (Lipinski definition) is 1. The summed E-state index contributed by atoms with van der Waals surface area (Å²) < 4.78 is 4.77. The number of para-hydroxylation sites is 1. The third-order valence-electron chi connectivity index (χ3n) is 3.12. The van der Waals surface area contributed by atoms with Crippen LogP contribution in [0.15, 0.2) is 30.3 Å². The van der Waals surface area contributed by atoms with E-state index in [0.29, 0.717) is 19.6 Å². The highest BCUT2D eigenvalue weighted by molar-refractivity contribution is 5.93. The van der Waals surface area contributed by atoms with Gasteiger partial charge in [-0.15, -0.1) is 0 Å². The van der Waals surface area contributed by atoms with E-state index in [4.69, 9.17) is 4.74 Å². The average molecular weight is 262 g/mol. The number of nitrogens with zero attached hydrogens (tertiary/aromatic N) is 1. The zero-order valence-electron chi connectivity index (χ0n) is 11.0. The molecule has 0 aromatic heterocycles. The third-order valence-corrected chi connectivity index (χ3v) is 3.12. The summed E-state index contributed by atoms with van der Waals surface area (Å²) in [5, 5.41) is 3.30. The molecule has 2 amide bonds. The second kappa shape index (κ2) is 6.22. The Morgan fingerprint density at radius 2 is 2.16 bits per heavy atom. The largest absolute Gasteiger partial charge is 0.447 e. The van der Waals surface area contributed by atoms with E-state index in [9.17, 15) is 9.59 Å². The van der Waals surface area contributed by atoms with Gasteiger partial charge in [0.2, 0.25) is 5.91 Å². The van der Waals surface area contributed by atoms with Crippen LogP contribution in [-0.4, -0.2) is 36.1 Å². The number of rotatable bonds is 5. The maximum Gasteiger partial charge on any atom is 0.416 e. The number of nitrogens with one attached hydrogen (secondary N) is 1. The summed E-state index contributed by atoms with van der Waals surface area (Å²) in [5.74, 6) is -0.183. The topological polar surface area (TPSA) is 58.6 Å². The molecule has 5 heteroatoms. The van der Waals surface area contributed by atoms with Crippen molar-refractivity contribution in [3.63, 3.8) is 0 Å². The maximum atomic E-state index is 12.0. The first kappa shape index (κ1) is 13.4. The van der Waals surface area contributed by atoms with Crippen molar-refractivity contribution in [2.24, 2.45) is 0 Å². The lowest BCUT2D eigenvalue weighted by Crippen LogP contribution is -2.35. The zero-order valence-corrected chi connectivity index (χ0v) is 11.0. The zero-order chi connectivity index (χ0) is 13.7. The minimum Gasteiger partial charge on any atom is -0.447 e. The van der Waals surface area contributed by atoms with Crippen LogP contribution in [0.3, 0.4) is 0 Å². The molecule has 1 aliphatic heterocycles. The summed E-state index contributed by atoms with van der Waals surface area (Å²) in [4.78, 5) is 24.5. The number of benzene rings is 1. The predicted molar refractivity (Wildman–Crippen MR) is 71.8 cm³/mol. The molecule has 5 nitrogen and oxygen atoms in total. The second-order valence-corrected chi connectivity index (χ2v) is 4.48. The van der Waals surface area contributed by atoms with Gasteiger partial charge in [0.25, 0.3) is 0 Å². The number of carbonyl (C=O) groups excluding carboxylic acids is 2. The fraction of sp³-hybridized carbons (Fsp3) is 0.429. The van der Waals surface area contributed by atoms with Crippen LogP contribution in [0, 0.1) is 0 Å². The Bertz CT molecular complexity index is 447. The summed E-state index contributed by atoms with van der Waals surface area (Å²) in [6, 6.07) is 9.75. The number of ether oxygens (including phenoxy) is 1. The molecule has 1 N–H and O–H groups in total. The van der Waals surface area contributed by atoms with Crippen LogP contribution in [0.25, 0.3) is 0 Å². The lowest BCUT2D eigenvalue weighted by molar-refractivity contribution is -0.128. The van der Waals surface area contributed by atoms with Crippen LogP contribution < -0.4 is 5.32 Å². The first-order valence-electron chi connectivity index (χ1n) is 6.49. The van der Waals surface area contributed by atoms with E-state index in [2.05, 4.69) is 5.32 Å². The summed E-state index contributed by atoms with van der Waals surface area (Å²) in [7, 11) is 0. The van der Waals surface area contributed by atoms with Crippen molar-refractivity contribution in [2.75, 3.05) is 18.5 Å². The molecule has 19 heavy (non-hydrogen) atoms. The average Bonchev–Trinajstić information content (AvgIpc) is 2.85. The number of hydrogen-bond acceptors (Lipinski definition) is 4. The molecular weight excluding hydrogens is 244 g/mol. The van der Waals surface area contributed by atoms with Crippen LogP contribution in [0.4, 0.5) is 10.5 Å². The van der Waals surface area contributed by atoms with Gasteiger partial charge in [-0.25, -0.2) is 9.69 Å². The molecule has 1 atom stereocenters. The first-order valence-corrected chi connectivity index (χ1v) is 6.49. The van der Waals surface area contributed by atoms with Crippen LogP contribution in [-0.2, 0) is 9.53 Å². The number of carbonyl (C=O) groups is 2. The van der Waals surface area contributed by atoms with E-state index in [0.717, 1.165) is 12.1 Å². The minimum atomic E-state index is -0.528. The van der Waals surface area contributed by atoms with Gasteiger partial charge in [0.1, 0.15) is 6.61 Å². The molecule has 0 bridgehead atoms. The van der Waals surface area contributed by atoms with E-state index in [1.54, 1.807) is 0 Å². The fourth-order valence-corrected chi connectivity index (χ4v) is 2.01. The molecule has 0 radical (unpaired) electrons. The number of amides is 2. The van der Waals surface area contributed by atoms with E-state index in [-0.39, 0.29) is 11.9 Å². The van der Waals surface area contributed by atoms with Gasteiger partial charge in [-0.3, -0.25) is 4.79 Å². The van der Waals surface area contributed by atoms with Gasteiger partial charge in [0.05, 0.1) is 6.54 Å². The van der Waals surface area contributed by atoms with Gasteiger partial charge in [-0.1, -0.05) is 25.1 Å². The molecule has 102 valence electrons. The highest BCUT2D eigenvalue weighted by Crippen LogP contribution is 2.14. The molecular formula is C14H18N2O3. The molecule has 1 aromatic rings.